The molecule has 2 rings (SSSR count). The van der Waals surface area contributed by atoms with E-state index in [1.807, 2.05) is 55.5 Å². The van der Waals surface area contributed by atoms with Gasteiger partial charge in [0.1, 0.15) is 0 Å². The Morgan fingerprint density at radius 3 is 1.90 bits per heavy atom. The second-order valence-corrected chi connectivity index (χ2v) is 5.81. The van der Waals surface area contributed by atoms with Crippen LogP contribution < -0.4 is 0 Å². The molecule has 0 saturated heterocycles. The van der Waals surface area contributed by atoms with Gasteiger partial charge in [-0.1, -0.05) is 59.3 Å². The fourth-order valence-corrected chi connectivity index (χ4v) is 2.28. The van der Waals surface area contributed by atoms with Gasteiger partial charge in [0.15, 0.2) is 0 Å². The number of hydrogen-bond acceptors (Lipinski definition) is 2. The molecule has 2 nitrogen and oxygen atoms in total. The number of benzene rings is 2. The normalized spacial score (nSPS) is 10.5. The number of rotatable bonds is 2. The van der Waals surface area contributed by atoms with Crippen molar-refractivity contribution in [2.24, 2.45) is 0 Å². The zero-order chi connectivity index (χ0) is 15.7. The SMILES string of the molecule is CC(Br)c1ccccc1C#N.CCc1ccccc1C#N. The van der Waals surface area contributed by atoms with Crippen LogP contribution in [0.5, 0.6) is 0 Å². The monoisotopic (exact) mass is 340 g/mol. The summed E-state index contributed by atoms with van der Waals surface area (Å²) in [6.07, 6.45) is 0.934. The quantitative estimate of drug-likeness (QED) is 0.711. The van der Waals surface area contributed by atoms with E-state index in [0.717, 1.165) is 28.7 Å². The first-order valence-corrected chi connectivity index (χ1v) is 7.66. The van der Waals surface area contributed by atoms with Crippen LogP contribution in [0.25, 0.3) is 0 Å². The van der Waals surface area contributed by atoms with E-state index in [1.165, 1.54) is 0 Å². The minimum absolute atomic E-state index is 0.248. The average molecular weight is 341 g/mol. The maximum atomic E-state index is 8.70. The second-order valence-electron chi connectivity index (χ2n) is 4.44. The van der Waals surface area contributed by atoms with Crippen LogP contribution in [-0.2, 0) is 6.42 Å². The maximum Gasteiger partial charge on any atom is 0.0994 e. The van der Waals surface area contributed by atoms with Crippen molar-refractivity contribution in [2.75, 3.05) is 0 Å². The zero-order valence-electron chi connectivity index (χ0n) is 12.2. The van der Waals surface area contributed by atoms with Gasteiger partial charge in [0.05, 0.1) is 23.3 Å². The van der Waals surface area contributed by atoms with Crippen LogP contribution in [0, 0.1) is 22.7 Å². The van der Waals surface area contributed by atoms with Gasteiger partial charge >= 0.3 is 0 Å². The van der Waals surface area contributed by atoms with E-state index in [2.05, 4.69) is 35.0 Å². The number of aryl methyl sites for hydroxylation is 1. The number of alkyl halides is 1. The highest BCUT2D eigenvalue weighted by Crippen LogP contribution is 2.24. The average Bonchev–Trinajstić information content (AvgIpc) is 2.55. The van der Waals surface area contributed by atoms with E-state index < -0.39 is 0 Å². The lowest BCUT2D eigenvalue weighted by molar-refractivity contribution is 1.11. The third-order valence-corrected chi connectivity index (χ3v) is 3.52. The molecule has 1 unspecified atom stereocenters. The van der Waals surface area contributed by atoms with Crippen molar-refractivity contribution in [3.05, 3.63) is 70.8 Å². The molecule has 0 spiro atoms. The molecule has 1 atom stereocenters. The van der Waals surface area contributed by atoms with Crippen LogP contribution in [0.4, 0.5) is 0 Å². The van der Waals surface area contributed by atoms with Gasteiger partial charge in [0.2, 0.25) is 0 Å². The summed E-state index contributed by atoms with van der Waals surface area (Å²) in [5, 5.41) is 17.3. The summed E-state index contributed by atoms with van der Waals surface area (Å²) in [4.78, 5) is 0.248. The summed E-state index contributed by atoms with van der Waals surface area (Å²) in [6.45, 7) is 4.06. The van der Waals surface area contributed by atoms with Crippen molar-refractivity contribution in [1.29, 1.82) is 10.5 Å². The summed E-state index contributed by atoms with van der Waals surface area (Å²) in [7, 11) is 0. The maximum absolute atomic E-state index is 8.70. The van der Waals surface area contributed by atoms with Crippen LogP contribution in [0.1, 0.15) is 40.9 Å². The molecule has 0 amide bonds. The number of halogens is 1. The van der Waals surface area contributed by atoms with E-state index in [9.17, 15) is 0 Å². The molecule has 0 aliphatic rings. The van der Waals surface area contributed by atoms with Gasteiger partial charge in [-0.3, -0.25) is 0 Å². The summed E-state index contributed by atoms with van der Waals surface area (Å²) in [5.74, 6) is 0. The van der Waals surface area contributed by atoms with E-state index >= 15 is 0 Å². The molecular weight excluding hydrogens is 324 g/mol. The molecule has 0 aromatic heterocycles. The summed E-state index contributed by atoms with van der Waals surface area (Å²) < 4.78 is 0. The van der Waals surface area contributed by atoms with Crippen LogP contribution in [0.2, 0.25) is 0 Å². The van der Waals surface area contributed by atoms with Crippen molar-refractivity contribution < 1.29 is 0 Å². The Kier molecular flexibility index (Phi) is 7.23. The van der Waals surface area contributed by atoms with Crippen molar-refractivity contribution in [2.45, 2.75) is 25.1 Å². The van der Waals surface area contributed by atoms with E-state index in [0.29, 0.717) is 0 Å². The van der Waals surface area contributed by atoms with Crippen molar-refractivity contribution >= 4 is 15.9 Å². The minimum Gasteiger partial charge on any atom is -0.192 e. The molecule has 0 aliphatic carbocycles. The lowest BCUT2D eigenvalue weighted by Gasteiger charge is -2.03. The van der Waals surface area contributed by atoms with Gasteiger partial charge in [0.25, 0.3) is 0 Å². The lowest BCUT2D eigenvalue weighted by Crippen LogP contribution is -1.88. The number of nitriles is 2. The Bertz CT molecular complexity index is 663. The standard InChI is InChI=1S/C9H8BrN.C9H9N/c1-7(10)9-5-3-2-4-8(9)6-11;1-2-8-5-3-4-6-9(8)7-10/h2-5,7H,1H3;3-6H,2H2,1H3. The van der Waals surface area contributed by atoms with Crippen LogP contribution in [0.3, 0.4) is 0 Å². The van der Waals surface area contributed by atoms with Crippen molar-refractivity contribution in [3.63, 3.8) is 0 Å². The van der Waals surface area contributed by atoms with Gasteiger partial charge in [-0.05, 0) is 36.6 Å². The molecule has 0 saturated carbocycles. The van der Waals surface area contributed by atoms with Crippen LogP contribution >= 0.6 is 15.9 Å². The Morgan fingerprint density at radius 1 is 0.952 bits per heavy atom. The molecule has 3 heteroatoms. The van der Waals surface area contributed by atoms with Gasteiger partial charge < -0.3 is 0 Å². The number of nitrogens with zero attached hydrogens (tertiary/aromatic N) is 2. The fraction of sp³-hybridized carbons (Fsp3) is 0.222. The predicted octanol–water partition coefficient (Wildman–Crippen LogP) is 5.13. The molecule has 0 radical (unpaired) electrons. The first kappa shape index (κ1) is 17.0. The molecule has 2 aromatic rings. The van der Waals surface area contributed by atoms with Crippen LogP contribution in [-0.4, -0.2) is 0 Å². The second kappa shape index (κ2) is 8.95. The van der Waals surface area contributed by atoms with E-state index in [1.54, 1.807) is 0 Å². The van der Waals surface area contributed by atoms with E-state index in [-0.39, 0.29) is 4.83 Å². The fourth-order valence-electron chi connectivity index (χ4n) is 1.88. The highest BCUT2D eigenvalue weighted by Gasteiger charge is 2.04. The molecule has 21 heavy (non-hydrogen) atoms. The molecule has 0 fully saturated rings. The van der Waals surface area contributed by atoms with Crippen molar-refractivity contribution in [3.8, 4) is 12.1 Å². The lowest BCUT2D eigenvalue weighted by atomic mass is 10.1. The van der Waals surface area contributed by atoms with Gasteiger partial charge in [-0.25, -0.2) is 0 Å². The van der Waals surface area contributed by atoms with Crippen molar-refractivity contribution in [1.82, 2.24) is 0 Å². The summed E-state index contributed by atoms with van der Waals surface area (Å²) >= 11 is 3.42. The zero-order valence-corrected chi connectivity index (χ0v) is 13.8. The molecule has 0 aliphatic heterocycles. The highest BCUT2D eigenvalue weighted by atomic mass is 79.9. The van der Waals surface area contributed by atoms with Gasteiger partial charge in [-0.15, -0.1) is 0 Å². The summed E-state index contributed by atoms with van der Waals surface area (Å²) in [5.41, 5.74) is 3.72. The Labute approximate surface area is 134 Å². The Morgan fingerprint density at radius 2 is 1.48 bits per heavy atom. The molecule has 0 N–H and O–H groups in total. The third-order valence-electron chi connectivity index (χ3n) is 3.03. The highest BCUT2D eigenvalue weighted by molar-refractivity contribution is 9.09. The van der Waals surface area contributed by atoms with Gasteiger partial charge in [-0.2, -0.15) is 10.5 Å². The molecule has 2 aromatic carbocycles. The summed E-state index contributed by atoms with van der Waals surface area (Å²) in [6, 6.07) is 19.6. The third kappa shape index (κ3) is 5.06. The topological polar surface area (TPSA) is 47.6 Å². The Hall–Kier alpha value is -2.10. The largest absolute Gasteiger partial charge is 0.192 e. The number of hydrogen-bond donors (Lipinski definition) is 0. The molecular formula is C18H17BrN2. The van der Waals surface area contributed by atoms with E-state index in [4.69, 9.17) is 10.5 Å². The predicted molar refractivity (Wildman–Crippen MR) is 89.0 cm³/mol. The Balaban J connectivity index is 0.000000211. The van der Waals surface area contributed by atoms with Gasteiger partial charge in [0, 0.05) is 4.83 Å². The first-order valence-electron chi connectivity index (χ1n) is 6.75. The minimum atomic E-state index is 0.248. The molecule has 0 heterocycles. The smallest absolute Gasteiger partial charge is 0.0994 e. The molecule has 0 bridgehead atoms. The first-order chi connectivity index (χ1) is 10.1. The molecule has 106 valence electrons. The van der Waals surface area contributed by atoms with Crippen LogP contribution in [0.15, 0.2) is 48.5 Å².